The van der Waals surface area contributed by atoms with Crippen molar-refractivity contribution in [1.29, 1.82) is 0 Å². The molecule has 34 heavy (non-hydrogen) atoms. The summed E-state index contributed by atoms with van der Waals surface area (Å²) in [6, 6.07) is 17.4. The van der Waals surface area contributed by atoms with Gasteiger partial charge in [0, 0.05) is 28.2 Å². The van der Waals surface area contributed by atoms with Crippen LogP contribution < -0.4 is 0 Å². The van der Waals surface area contributed by atoms with E-state index in [1.807, 2.05) is 0 Å². The molecule has 0 saturated heterocycles. The van der Waals surface area contributed by atoms with E-state index in [0.29, 0.717) is 11.8 Å². The van der Waals surface area contributed by atoms with Crippen molar-refractivity contribution in [3.63, 3.8) is 0 Å². The third-order valence-electron chi connectivity index (χ3n) is 8.67. The molecule has 2 aliphatic heterocycles. The second-order valence-electron chi connectivity index (χ2n) is 11.9. The van der Waals surface area contributed by atoms with E-state index < -0.39 is 0 Å². The van der Waals surface area contributed by atoms with E-state index in [0.717, 1.165) is 17.8 Å². The molecule has 2 atom stereocenters. The Hall–Kier alpha value is -2.22. The lowest BCUT2D eigenvalue weighted by Gasteiger charge is -2.36. The van der Waals surface area contributed by atoms with Gasteiger partial charge in [-0.05, 0) is 41.5 Å². The molecular formula is C32H44N2. The third kappa shape index (κ3) is 4.53. The van der Waals surface area contributed by atoms with Crippen LogP contribution in [0.1, 0.15) is 98.1 Å². The molecule has 0 fully saturated rings. The predicted octanol–water partition coefficient (Wildman–Crippen LogP) is 9.36. The van der Waals surface area contributed by atoms with E-state index in [2.05, 4.69) is 97.0 Å². The highest BCUT2D eigenvalue weighted by Crippen LogP contribution is 2.49. The Kier molecular flexibility index (Phi) is 7.17. The van der Waals surface area contributed by atoms with Gasteiger partial charge in [0.05, 0.1) is 11.4 Å². The summed E-state index contributed by atoms with van der Waals surface area (Å²) in [6.45, 7) is 16.7. The lowest BCUT2D eigenvalue weighted by molar-refractivity contribution is 0.322. The number of hydrogen-bond acceptors (Lipinski definition) is 2. The number of rotatable bonds is 10. The molecule has 0 N–H and O–H groups in total. The molecule has 2 heterocycles. The minimum absolute atomic E-state index is 0.0846. The fraction of sp³-hybridized carbons (Fsp3) is 0.562. The summed E-state index contributed by atoms with van der Waals surface area (Å²) in [4.78, 5) is 10.6. The average Bonchev–Trinajstić information content (AvgIpc) is 3.24. The lowest BCUT2D eigenvalue weighted by atomic mass is 9.66. The Balaban J connectivity index is 1.68. The molecule has 2 aromatic carbocycles. The molecule has 0 aliphatic carbocycles. The number of aliphatic imine (C=N–C) groups is 2. The molecule has 2 nitrogen and oxygen atoms in total. The zero-order chi connectivity index (χ0) is 24.5. The summed E-state index contributed by atoms with van der Waals surface area (Å²) in [5.41, 5.74) is 7.42. The average molecular weight is 457 g/mol. The van der Waals surface area contributed by atoms with Gasteiger partial charge in [0.2, 0.25) is 0 Å². The van der Waals surface area contributed by atoms with Gasteiger partial charge in [-0.3, -0.25) is 9.98 Å². The monoisotopic (exact) mass is 456 g/mol. The van der Waals surface area contributed by atoms with Gasteiger partial charge in [-0.15, -0.1) is 0 Å². The third-order valence-corrected chi connectivity index (χ3v) is 8.67. The van der Waals surface area contributed by atoms with Crippen LogP contribution in [0.15, 0.2) is 58.5 Å². The lowest BCUT2D eigenvalue weighted by Crippen LogP contribution is -2.43. The van der Waals surface area contributed by atoms with Gasteiger partial charge < -0.3 is 0 Å². The van der Waals surface area contributed by atoms with Crippen LogP contribution in [0, 0.1) is 17.8 Å². The normalized spacial score (nSPS) is 19.4. The van der Waals surface area contributed by atoms with Crippen molar-refractivity contribution < 1.29 is 0 Å². The summed E-state index contributed by atoms with van der Waals surface area (Å²) in [5, 5.41) is 0. The minimum Gasteiger partial charge on any atom is -0.256 e. The van der Waals surface area contributed by atoms with E-state index in [9.17, 15) is 0 Å². The summed E-state index contributed by atoms with van der Waals surface area (Å²) >= 11 is 0. The van der Waals surface area contributed by atoms with E-state index in [1.165, 1.54) is 54.7 Å². The van der Waals surface area contributed by atoms with Crippen molar-refractivity contribution >= 4 is 22.8 Å². The maximum atomic E-state index is 5.31. The maximum Gasteiger partial charge on any atom is 0.0670 e. The second kappa shape index (κ2) is 9.80. The molecule has 0 aromatic heterocycles. The van der Waals surface area contributed by atoms with Crippen molar-refractivity contribution in [2.75, 3.05) is 0 Å². The number of hydrogen-bond donors (Lipinski definition) is 0. The van der Waals surface area contributed by atoms with Crippen molar-refractivity contribution in [2.45, 2.75) is 97.8 Å². The standard InChI is InChI=1S/C32H44N2/c1-8-9-10-11-16-22(2)23(3)21-24(29-31(4,5)25-17-12-14-19-27(25)33-29)30-32(6,7)26-18-13-15-20-28(26)34-30/h12-15,17-20,22-24H,8-11,16,21H2,1-7H3/t22-,23+/m1/s1. The molecule has 182 valence electrons. The fourth-order valence-electron chi connectivity index (χ4n) is 6.18. The molecule has 2 aliphatic rings. The Morgan fingerprint density at radius 2 is 1.18 bits per heavy atom. The van der Waals surface area contributed by atoms with Crippen LogP contribution in [0.5, 0.6) is 0 Å². The maximum absolute atomic E-state index is 5.31. The molecule has 0 saturated carbocycles. The number of benzene rings is 2. The first-order valence-electron chi connectivity index (χ1n) is 13.5. The number of fused-ring (bicyclic) bond motifs is 2. The van der Waals surface area contributed by atoms with Crippen LogP contribution in [-0.4, -0.2) is 11.4 Å². The van der Waals surface area contributed by atoms with Gasteiger partial charge in [-0.1, -0.05) is 117 Å². The SMILES string of the molecule is CCCCCC[C@@H](C)[C@@H](C)CC(C1=Nc2ccccc2C1(C)C)C1=Nc2ccccc2C1(C)C. The quantitative estimate of drug-likeness (QED) is 0.318. The Morgan fingerprint density at radius 1 is 0.676 bits per heavy atom. The van der Waals surface area contributed by atoms with Crippen LogP contribution in [0.4, 0.5) is 11.4 Å². The van der Waals surface area contributed by atoms with Crippen LogP contribution in [0.2, 0.25) is 0 Å². The topological polar surface area (TPSA) is 24.7 Å². The van der Waals surface area contributed by atoms with Gasteiger partial charge in [0.1, 0.15) is 0 Å². The zero-order valence-electron chi connectivity index (χ0n) is 22.5. The van der Waals surface area contributed by atoms with E-state index in [-0.39, 0.29) is 16.7 Å². The van der Waals surface area contributed by atoms with Gasteiger partial charge in [0.15, 0.2) is 0 Å². The molecular weight excluding hydrogens is 412 g/mol. The Labute approximate surface area is 208 Å². The minimum atomic E-state index is -0.0846. The molecule has 0 spiro atoms. The Bertz CT molecular complexity index is 998. The number of unbranched alkanes of at least 4 members (excludes halogenated alkanes) is 3. The summed E-state index contributed by atoms with van der Waals surface area (Å²) in [5.74, 6) is 1.58. The smallest absolute Gasteiger partial charge is 0.0670 e. The van der Waals surface area contributed by atoms with Crippen LogP contribution in [-0.2, 0) is 10.8 Å². The molecule has 0 radical (unpaired) electrons. The molecule has 2 heteroatoms. The van der Waals surface area contributed by atoms with E-state index in [1.54, 1.807) is 0 Å². The summed E-state index contributed by atoms with van der Waals surface area (Å²) < 4.78 is 0. The Morgan fingerprint density at radius 3 is 1.65 bits per heavy atom. The fourth-order valence-corrected chi connectivity index (χ4v) is 6.18. The van der Waals surface area contributed by atoms with Crippen LogP contribution in [0.25, 0.3) is 0 Å². The molecule has 0 bridgehead atoms. The van der Waals surface area contributed by atoms with Crippen LogP contribution >= 0.6 is 0 Å². The van der Waals surface area contributed by atoms with Gasteiger partial charge >= 0.3 is 0 Å². The highest BCUT2D eigenvalue weighted by atomic mass is 14.9. The van der Waals surface area contributed by atoms with Gasteiger partial charge in [-0.25, -0.2) is 0 Å². The van der Waals surface area contributed by atoms with Gasteiger partial charge in [-0.2, -0.15) is 0 Å². The second-order valence-corrected chi connectivity index (χ2v) is 11.9. The van der Waals surface area contributed by atoms with Crippen molar-refractivity contribution in [2.24, 2.45) is 27.7 Å². The largest absolute Gasteiger partial charge is 0.256 e. The van der Waals surface area contributed by atoms with Crippen LogP contribution in [0.3, 0.4) is 0 Å². The van der Waals surface area contributed by atoms with Gasteiger partial charge in [0.25, 0.3) is 0 Å². The highest BCUT2D eigenvalue weighted by molar-refractivity contribution is 6.19. The molecule has 0 unspecified atom stereocenters. The first-order valence-corrected chi connectivity index (χ1v) is 13.5. The van der Waals surface area contributed by atoms with E-state index >= 15 is 0 Å². The predicted molar refractivity (Wildman–Crippen MR) is 148 cm³/mol. The highest BCUT2D eigenvalue weighted by Gasteiger charge is 2.46. The van der Waals surface area contributed by atoms with Crippen molar-refractivity contribution in [1.82, 2.24) is 0 Å². The van der Waals surface area contributed by atoms with Crippen molar-refractivity contribution in [3.8, 4) is 0 Å². The van der Waals surface area contributed by atoms with Crippen molar-refractivity contribution in [3.05, 3.63) is 59.7 Å². The molecule has 0 amide bonds. The molecule has 2 aromatic rings. The zero-order valence-corrected chi connectivity index (χ0v) is 22.5. The number of nitrogens with zero attached hydrogens (tertiary/aromatic N) is 2. The summed E-state index contributed by atoms with van der Waals surface area (Å²) in [6.07, 6.45) is 7.80. The molecule has 4 rings (SSSR count). The number of para-hydroxylation sites is 2. The van der Waals surface area contributed by atoms with E-state index in [4.69, 9.17) is 9.98 Å². The summed E-state index contributed by atoms with van der Waals surface area (Å²) in [7, 11) is 0. The first kappa shape index (κ1) is 24.9. The first-order chi connectivity index (χ1) is 16.2.